The Hall–Kier alpha value is -3.03. The monoisotopic (exact) mass is 357 g/mol. The summed E-state index contributed by atoms with van der Waals surface area (Å²) in [5.41, 5.74) is 2.13. The van der Waals surface area contributed by atoms with Gasteiger partial charge in [0, 0.05) is 24.4 Å². The van der Waals surface area contributed by atoms with Gasteiger partial charge in [0.15, 0.2) is 17.1 Å². The highest BCUT2D eigenvalue weighted by atomic mass is 19.3. The highest BCUT2D eigenvalue weighted by Crippen LogP contribution is 2.38. The second-order valence-electron chi connectivity index (χ2n) is 6.15. The number of alkyl halides is 2. The molecule has 0 fully saturated rings. The Morgan fingerprint density at radius 2 is 2.15 bits per heavy atom. The summed E-state index contributed by atoms with van der Waals surface area (Å²) >= 11 is 0. The van der Waals surface area contributed by atoms with Gasteiger partial charge in [-0.05, 0) is 30.7 Å². The van der Waals surface area contributed by atoms with E-state index < -0.39 is 5.92 Å². The molecule has 4 rings (SSSR count). The quantitative estimate of drug-likeness (QED) is 0.500. The molecule has 134 valence electrons. The normalized spacial score (nSPS) is 12.1. The number of H-pyrrole nitrogens is 1. The van der Waals surface area contributed by atoms with E-state index in [-0.39, 0.29) is 12.1 Å². The molecule has 0 amide bonds. The molecule has 4 aromatic rings. The number of nitrogens with one attached hydrogen (secondary N) is 2. The lowest BCUT2D eigenvalue weighted by molar-refractivity contribution is -0.0209. The Labute approximate surface area is 147 Å². The average Bonchev–Trinajstić information content (AvgIpc) is 3.25. The first kappa shape index (κ1) is 16.4. The molecular weight excluding hydrogens is 340 g/mol. The van der Waals surface area contributed by atoms with Crippen LogP contribution in [0.15, 0.2) is 41.1 Å². The van der Waals surface area contributed by atoms with Crippen LogP contribution in [0.4, 0.5) is 20.3 Å². The summed E-state index contributed by atoms with van der Waals surface area (Å²) in [4.78, 5) is 4.27. The van der Waals surface area contributed by atoms with Gasteiger partial charge in [0.25, 0.3) is 5.92 Å². The van der Waals surface area contributed by atoms with E-state index in [2.05, 4.69) is 25.7 Å². The molecule has 0 aliphatic carbocycles. The Morgan fingerprint density at radius 3 is 3.00 bits per heavy atom. The number of pyridine rings is 1. The summed E-state index contributed by atoms with van der Waals surface area (Å²) in [5.74, 6) is -2.45. The van der Waals surface area contributed by atoms with E-state index in [9.17, 15) is 8.78 Å². The van der Waals surface area contributed by atoms with E-state index in [0.29, 0.717) is 40.8 Å². The molecule has 8 heteroatoms. The number of aromatic amines is 1. The standard InChI is InChI=1S/C18H17F2N5O/c1-2-3-8-18(19,20)16-12-7-6-11(10-14(12)26-25-16)22-17-15-13(23-24-17)5-4-9-21-15/h4-7,9-10H,2-3,8H2,1H3,(H2,22,23,24). The van der Waals surface area contributed by atoms with Crippen molar-refractivity contribution >= 4 is 33.5 Å². The van der Waals surface area contributed by atoms with E-state index in [1.165, 1.54) is 0 Å². The molecule has 2 N–H and O–H groups in total. The van der Waals surface area contributed by atoms with Gasteiger partial charge in [-0.15, -0.1) is 0 Å². The number of hydrogen-bond acceptors (Lipinski definition) is 5. The lowest BCUT2D eigenvalue weighted by Crippen LogP contribution is -2.13. The van der Waals surface area contributed by atoms with Crippen molar-refractivity contribution in [2.24, 2.45) is 0 Å². The Bertz CT molecular complexity index is 1060. The van der Waals surface area contributed by atoms with Gasteiger partial charge in [-0.2, -0.15) is 13.9 Å². The topological polar surface area (TPSA) is 79.6 Å². The van der Waals surface area contributed by atoms with Crippen molar-refractivity contribution in [2.45, 2.75) is 32.1 Å². The number of halogens is 2. The maximum atomic E-state index is 14.3. The van der Waals surface area contributed by atoms with E-state index in [4.69, 9.17) is 4.52 Å². The maximum Gasteiger partial charge on any atom is 0.293 e. The first-order chi connectivity index (χ1) is 12.6. The van der Waals surface area contributed by atoms with Crippen LogP contribution in [0.2, 0.25) is 0 Å². The van der Waals surface area contributed by atoms with Gasteiger partial charge in [0.2, 0.25) is 0 Å². The van der Waals surface area contributed by atoms with Crippen molar-refractivity contribution in [2.75, 3.05) is 5.32 Å². The molecular formula is C18H17F2N5O. The van der Waals surface area contributed by atoms with Crippen molar-refractivity contribution in [3.05, 3.63) is 42.2 Å². The summed E-state index contributed by atoms with van der Waals surface area (Å²) in [6.45, 7) is 1.88. The zero-order chi connectivity index (χ0) is 18.1. The van der Waals surface area contributed by atoms with Crippen molar-refractivity contribution in [3.63, 3.8) is 0 Å². The molecule has 0 radical (unpaired) electrons. The number of unbranched alkanes of at least 4 members (excludes halogenated alkanes) is 1. The van der Waals surface area contributed by atoms with Crippen LogP contribution in [-0.2, 0) is 5.92 Å². The van der Waals surface area contributed by atoms with E-state index in [1.807, 2.05) is 19.1 Å². The Kier molecular flexibility index (Phi) is 4.02. The van der Waals surface area contributed by atoms with Crippen LogP contribution in [-0.4, -0.2) is 20.3 Å². The molecule has 0 atom stereocenters. The molecule has 0 saturated carbocycles. The minimum atomic E-state index is -3.00. The van der Waals surface area contributed by atoms with Crippen LogP contribution in [0.3, 0.4) is 0 Å². The molecule has 6 nitrogen and oxygen atoms in total. The molecule has 0 aliphatic rings. The predicted octanol–water partition coefficient (Wildman–Crippen LogP) is 5.12. The SMILES string of the molecule is CCCCC(F)(F)c1noc2cc(Nc3n[nH]c4cccnc34)ccc12. The summed E-state index contributed by atoms with van der Waals surface area (Å²) in [5, 5.41) is 14.1. The predicted molar refractivity (Wildman–Crippen MR) is 94.6 cm³/mol. The van der Waals surface area contributed by atoms with Gasteiger partial charge in [0.05, 0.1) is 10.9 Å². The van der Waals surface area contributed by atoms with Crippen molar-refractivity contribution in [1.29, 1.82) is 0 Å². The number of nitrogens with zero attached hydrogens (tertiary/aromatic N) is 3. The summed E-state index contributed by atoms with van der Waals surface area (Å²) in [6.07, 6.45) is 2.56. The van der Waals surface area contributed by atoms with Crippen LogP contribution < -0.4 is 5.32 Å². The van der Waals surface area contributed by atoms with Gasteiger partial charge < -0.3 is 9.84 Å². The van der Waals surface area contributed by atoms with Crippen molar-refractivity contribution < 1.29 is 13.3 Å². The molecule has 0 saturated heterocycles. The molecule has 26 heavy (non-hydrogen) atoms. The minimum Gasteiger partial charge on any atom is -0.356 e. The highest BCUT2D eigenvalue weighted by molar-refractivity contribution is 5.89. The van der Waals surface area contributed by atoms with Crippen LogP contribution in [0, 0.1) is 0 Å². The first-order valence-corrected chi connectivity index (χ1v) is 8.42. The molecule has 0 unspecified atom stereocenters. The fourth-order valence-corrected chi connectivity index (χ4v) is 2.87. The molecule has 3 aromatic heterocycles. The fraction of sp³-hybridized carbons (Fsp3) is 0.278. The van der Waals surface area contributed by atoms with Crippen LogP contribution >= 0.6 is 0 Å². The molecule has 0 aliphatic heterocycles. The van der Waals surface area contributed by atoms with E-state index in [1.54, 1.807) is 24.4 Å². The highest BCUT2D eigenvalue weighted by Gasteiger charge is 2.36. The Balaban J connectivity index is 1.65. The van der Waals surface area contributed by atoms with Gasteiger partial charge in [-0.3, -0.25) is 10.1 Å². The fourth-order valence-electron chi connectivity index (χ4n) is 2.87. The molecule has 0 bridgehead atoms. The third-order valence-corrected chi connectivity index (χ3v) is 4.25. The lowest BCUT2D eigenvalue weighted by atomic mass is 10.0. The van der Waals surface area contributed by atoms with E-state index >= 15 is 0 Å². The molecule has 1 aromatic carbocycles. The zero-order valence-electron chi connectivity index (χ0n) is 14.1. The average molecular weight is 357 g/mol. The summed E-state index contributed by atoms with van der Waals surface area (Å²) in [7, 11) is 0. The third-order valence-electron chi connectivity index (χ3n) is 4.25. The van der Waals surface area contributed by atoms with Gasteiger partial charge >= 0.3 is 0 Å². The van der Waals surface area contributed by atoms with Gasteiger partial charge in [0.1, 0.15) is 5.52 Å². The molecule has 0 spiro atoms. The van der Waals surface area contributed by atoms with Crippen LogP contribution in [0.25, 0.3) is 22.0 Å². The minimum absolute atomic E-state index is 0.240. The smallest absolute Gasteiger partial charge is 0.293 e. The number of hydrogen-bond donors (Lipinski definition) is 2. The van der Waals surface area contributed by atoms with Crippen molar-refractivity contribution in [1.82, 2.24) is 20.3 Å². The van der Waals surface area contributed by atoms with Crippen molar-refractivity contribution in [3.8, 4) is 0 Å². The number of anilines is 2. The lowest BCUT2D eigenvalue weighted by Gasteiger charge is -2.12. The summed E-state index contributed by atoms with van der Waals surface area (Å²) in [6, 6.07) is 8.59. The molecule has 3 heterocycles. The second-order valence-corrected chi connectivity index (χ2v) is 6.15. The van der Waals surface area contributed by atoms with Gasteiger partial charge in [-0.1, -0.05) is 18.5 Å². The zero-order valence-corrected chi connectivity index (χ0v) is 14.1. The number of fused-ring (bicyclic) bond motifs is 2. The largest absolute Gasteiger partial charge is 0.356 e. The summed E-state index contributed by atoms with van der Waals surface area (Å²) < 4.78 is 33.8. The second kappa shape index (κ2) is 6.36. The first-order valence-electron chi connectivity index (χ1n) is 8.42. The number of rotatable bonds is 6. The Morgan fingerprint density at radius 1 is 1.27 bits per heavy atom. The number of benzene rings is 1. The maximum absolute atomic E-state index is 14.3. The van der Waals surface area contributed by atoms with E-state index in [0.717, 1.165) is 5.52 Å². The number of aromatic nitrogens is 4. The van der Waals surface area contributed by atoms with Gasteiger partial charge in [-0.25, -0.2) is 0 Å². The third kappa shape index (κ3) is 2.87. The van der Waals surface area contributed by atoms with Crippen LogP contribution in [0.5, 0.6) is 0 Å². The van der Waals surface area contributed by atoms with Crippen LogP contribution in [0.1, 0.15) is 31.9 Å².